The van der Waals surface area contributed by atoms with Gasteiger partial charge in [0.05, 0.1) is 32.6 Å². The van der Waals surface area contributed by atoms with Crippen molar-refractivity contribution >= 4 is 57.8 Å². The van der Waals surface area contributed by atoms with Gasteiger partial charge in [-0.15, -0.1) is 0 Å². The summed E-state index contributed by atoms with van der Waals surface area (Å²) in [6.45, 7) is 15.7. The van der Waals surface area contributed by atoms with E-state index in [9.17, 15) is 38.4 Å². The Morgan fingerprint density at radius 1 is 1.05 bits per heavy atom. The summed E-state index contributed by atoms with van der Waals surface area (Å²) in [5.74, 6) is -4.24. The molecule has 6 bridgehead atoms. The van der Waals surface area contributed by atoms with E-state index in [-0.39, 0.29) is 25.3 Å². The Kier molecular flexibility index (Phi) is 16.9. The van der Waals surface area contributed by atoms with Crippen LogP contribution >= 0.6 is 0 Å². The number of pyridine rings is 1. The van der Waals surface area contributed by atoms with Gasteiger partial charge in [0, 0.05) is 86.4 Å². The Morgan fingerprint density at radius 3 is 2.45 bits per heavy atom. The molecule has 4 amide bonds. The fourth-order valence-electron chi connectivity index (χ4n) is 10.2. The van der Waals surface area contributed by atoms with Crippen LogP contribution in [0.2, 0.25) is 0 Å². The molecule has 7 atom stereocenters. The summed E-state index contributed by atoms with van der Waals surface area (Å²) in [5.41, 5.74) is 9.38. The van der Waals surface area contributed by atoms with Crippen molar-refractivity contribution in [2.75, 3.05) is 48.0 Å². The monoisotopic (exact) mass is 1040 g/mol. The first-order valence-corrected chi connectivity index (χ1v) is 26.3. The average molecular weight is 1040 g/mol. The number of phenols is 1. The fourth-order valence-corrected chi connectivity index (χ4v) is 11.6. The second-order valence-corrected chi connectivity index (χ2v) is 23.9. The highest BCUT2D eigenvalue weighted by molar-refractivity contribution is 7.90. The topological polar surface area (TPSA) is 228 Å². The molecule has 7 rings (SSSR count). The third kappa shape index (κ3) is 11.7. The number of aryl methyl sites for hydroxylation is 1. The van der Waals surface area contributed by atoms with Crippen molar-refractivity contribution in [1.29, 1.82) is 0 Å². The van der Waals surface area contributed by atoms with E-state index in [1.807, 2.05) is 38.2 Å². The summed E-state index contributed by atoms with van der Waals surface area (Å²) in [6, 6.07) is 7.70. The number of aromatic hydroxyl groups is 1. The molecule has 2 aromatic heterocycles. The maximum Gasteiger partial charge on any atom is 0.330 e. The van der Waals surface area contributed by atoms with Crippen LogP contribution in [0.3, 0.4) is 0 Å². The maximum absolute atomic E-state index is 14.8. The molecule has 400 valence electrons. The number of hydrogen-bond acceptors (Lipinski definition) is 14. The molecule has 19 nitrogen and oxygen atoms in total. The van der Waals surface area contributed by atoms with E-state index in [2.05, 4.69) is 39.4 Å². The first-order valence-electron chi connectivity index (χ1n) is 25.1. The number of carbonyl (C=O) groups excluding carboxylic acids is 6. The lowest BCUT2D eigenvalue weighted by molar-refractivity contribution is -0.155. The minimum Gasteiger partial charge on any atom is -0.597 e. The summed E-state index contributed by atoms with van der Waals surface area (Å²) in [6.07, 6.45) is 4.89. The molecule has 3 aliphatic rings. The lowest BCUT2D eigenvalue weighted by Gasteiger charge is -2.37. The Hall–Kier alpha value is -6.06. The van der Waals surface area contributed by atoms with Gasteiger partial charge >= 0.3 is 11.9 Å². The number of ether oxygens (including phenoxy) is 3. The number of hydrazine groups is 1. The molecule has 2 saturated heterocycles. The lowest BCUT2D eigenvalue weighted by atomic mass is 9.84. The summed E-state index contributed by atoms with van der Waals surface area (Å²) in [5, 5.41) is 16.6. The van der Waals surface area contributed by atoms with Gasteiger partial charge in [0.1, 0.15) is 28.6 Å². The van der Waals surface area contributed by atoms with Crippen molar-refractivity contribution in [3.05, 3.63) is 71.5 Å². The van der Waals surface area contributed by atoms with Crippen LogP contribution in [-0.4, -0.2) is 157 Å². The van der Waals surface area contributed by atoms with Crippen LogP contribution in [-0.2, 0) is 80.3 Å². The number of esters is 2. The number of nitrogens with zero attached hydrogens (tertiary/aromatic N) is 6. The molecule has 3 aliphatic heterocycles. The zero-order valence-corrected chi connectivity index (χ0v) is 45.5. The molecule has 0 spiro atoms. The van der Waals surface area contributed by atoms with Crippen molar-refractivity contribution in [2.45, 2.75) is 129 Å². The molecule has 0 saturated carbocycles. The quantitative estimate of drug-likeness (QED) is 0.0951. The van der Waals surface area contributed by atoms with E-state index in [4.69, 9.17) is 14.2 Å². The smallest absolute Gasteiger partial charge is 0.330 e. The molecule has 3 N–H and O–H groups in total. The summed E-state index contributed by atoms with van der Waals surface area (Å²) in [7, 11) is 5.66. The summed E-state index contributed by atoms with van der Waals surface area (Å²) in [4.78, 5) is 90.8. The van der Waals surface area contributed by atoms with Gasteiger partial charge in [-0.1, -0.05) is 44.1 Å². The van der Waals surface area contributed by atoms with Crippen LogP contribution in [0.25, 0.3) is 33.3 Å². The number of benzene rings is 2. The molecule has 2 aromatic carbocycles. The predicted molar refractivity (Wildman–Crippen MR) is 279 cm³/mol. The third-order valence-corrected chi connectivity index (χ3v) is 15.8. The molecule has 0 aliphatic carbocycles. The molecule has 5 heterocycles. The normalized spacial score (nSPS) is 21.8. The Morgan fingerprint density at radius 2 is 1.78 bits per heavy atom. The number of phenolic OH excluding ortho intramolecular Hbond substituents is 1. The second kappa shape index (κ2) is 22.4. The van der Waals surface area contributed by atoms with Crippen LogP contribution in [0.15, 0.2) is 54.9 Å². The number of fused-ring (bicyclic) bond motifs is 6. The van der Waals surface area contributed by atoms with E-state index in [1.54, 1.807) is 60.1 Å². The number of methoxy groups -OCH3 is 2. The highest BCUT2D eigenvalue weighted by Gasteiger charge is 2.68. The number of hydrogen-bond donors (Lipinski definition) is 3. The van der Waals surface area contributed by atoms with Crippen molar-refractivity contribution in [1.82, 2.24) is 39.4 Å². The highest BCUT2D eigenvalue weighted by atomic mass is 32.2. The number of likely N-dealkylation sites (N-methyl/N-ethyl adjacent to an activating group) is 2. The van der Waals surface area contributed by atoms with Gasteiger partial charge in [-0.05, 0) is 111 Å². The van der Waals surface area contributed by atoms with Gasteiger partial charge in [0.15, 0.2) is 12.1 Å². The number of cyclic esters (lactones) is 1. The standard InChI is InChI=1S/C54H72N8O11S/c1-13-60-42-17-16-33-25-37(42)38(45(60)39-27-55-19-18-34(39)29-71-11)26-54(7,8)30-73-51(68)40-15-14-20-61(57-40)49(66)41(23-32-21-35(33)24-36(63)22-32)56-48(65)44(31(2)3)59(10)43(64)28-58(9)50(67)46-47(52(69)72-12)62(46)74(70)53(4,5)6/h16-19,21-22,24-25,27,31,40-41,44,46-47,57,63H,13-15,20,23,26,28-30H2,1-12H3,(H,56,65)/t40-,41-,44?,46+,47-,62?,74?/m0/s1. The first-order chi connectivity index (χ1) is 34.9. The number of carbonyl (C=O) groups is 6. The molecule has 2 fully saturated rings. The van der Waals surface area contributed by atoms with Gasteiger partial charge in [-0.25, -0.2) is 5.43 Å². The van der Waals surface area contributed by atoms with E-state index < -0.39 is 99.8 Å². The molecular formula is C54H72N8O11S. The SMILES string of the molecule is CCn1c(-c2cnccc2COC)c2c3cc(ccc31)-c1cc(O)cc(c1)C[C@H](NC(=O)C(C(C)C)N(C)C(=O)CN(C)C(=O)[C@H]1[C@@H](C(=O)OC)N1[S+]([O-])C(C)(C)C)C(=O)N1CCC[C@H](N1)C(=O)OCC(C)(C)C2. The highest BCUT2D eigenvalue weighted by Crippen LogP contribution is 2.42. The number of rotatable bonds is 13. The van der Waals surface area contributed by atoms with E-state index in [0.717, 1.165) is 43.8 Å². The Balaban J connectivity index is 1.23. The van der Waals surface area contributed by atoms with Gasteiger partial charge in [0.2, 0.25) is 17.7 Å². The number of aromatic nitrogens is 2. The van der Waals surface area contributed by atoms with Crippen molar-refractivity contribution < 1.29 is 52.6 Å². The van der Waals surface area contributed by atoms with Crippen LogP contribution in [0.5, 0.6) is 5.75 Å². The summed E-state index contributed by atoms with van der Waals surface area (Å²) >= 11 is -1.74. The molecule has 3 unspecified atom stereocenters. The molecular weight excluding hydrogens is 969 g/mol. The van der Waals surface area contributed by atoms with Crippen molar-refractivity contribution in [3.8, 4) is 28.1 Å². The zero-order chi connectivity index (χ0) is 54.1. The van der Waals surface area contributed by atoms with Gasteiger partial charge in [-0.2, -0.15) is 0 Å². The molecule has 74 heavy (non-hydrogen) atoms. The first kappa shape index (κ1) is 55.7. The van der Waals surface area contributed by atoms with Crippen LogP contribution in [0.4, 0.5) is 0 Å². The van der Waals surface area contributed by atoms with E-state index in [0.29, 0.717) is 43.5 Å². The predicted octanol–water partition coefficient (Wildman–Crippen LogP) is 4.52. The van der Waals surface area contributed by atoms with Crippen LogP contribution < -0.4 is 10.7 Å². The van der Waals surface area contributed by atoms with Crippen LogP contribution in [0, 0.1) is 11.3 Å². The minimum atomic E-state index is -1.74. The van der Waals surface area contributed by atoms with Crippen molar-refractivity contribution in [2.24, 2.45) is 11.3 Å². The number of amides is 4. The Bertz CT molecular complexity index is 2790. The van der Waals surface area contributed by atoms with Gasteiger partial charge in [-0.3, -0.25) is 38.8 Å². The third-order valence-electron chi connectivity index (χ3n) is 13.9. The average Bonchev–Trinajstić information content (AvgIpc) is 4.02. The minimum absolute atomic E-state index is 0.0582. The van der Waals surface area contributed by atoms with Crippen LogP contribution in [0.1, 0.15) is 84.9 Å². The lowest BCUT2D eigenvalue weighted by Crippen LogP contribution is -2.62. The second-order valence-electron chi connectivity index (χ2n) is 21.7. The molecule has 4 aromatic rings. The zero-order valence-electron chi connectivity index (χ0n) is 44.6. The van der Waals surface area contributed by atoms with E-state index >= 15 is 0 Å². The maximum atomic E-state index is 14.8. The van der Waals surface area contributed by atoms with E-state index in [1.165, 1.54) is 35.4 Å². The van der Waals surface area contributed by atoms with Gasteiger partial charge < -0.3 is 43.6 Å². The molecule has 0 radical (unpaired) electrons. The largest absolute Gasteiger partial charge is 0.597 e. The Labute approximate surface area is 436 Å². The summed E-state index contributed by atoms with van der Waals surface area (Å²) < 4.78 is 32.7. The van der Waals surface area contributed by atoms with Gasteiger partial charge in [0.25, 0.3) is 5.91 Å². The molecule has 20 heteroatoms. The van der Waals surface area contributed by atoms with Crippen molar-refractivity contribution in [3.63, 3.8) is 0 Å². The number of nitrogens with one attached hydrogen (secondary N) is 2. The fraction of sp³-hybridized carbons (Fsp3) is 0.537.